The third-order valence-electron chi connectivity index (χ3n) is 5.73. The Morgan fingerprint density at radius 1 is 1.27 bits per heavy atom. The number of carbonyl (C=O) groups excluding carboxylic acids is 2. The summed E-state index contributed by atoms with van der Waals surface area (Å²) in [6, 6.07) is 9.29. The van der Waals surface area contributed by atoms with E-state index >= 15 is 0 Å². The van der Waals surface area contributed by atoms with Gasteiger partial charge in [0.15, 0.2) is 0 Å². The standard InChI is InChI=1S/C22H16BrCl3FN3O3/c1-33-15-7-10(6-14(27)18(15)23)16-17(22(16,25)26)20(32)29-11-2-3-13(24)12(8-11)19(31)30-21(9-28)4-5-21/h2-3,6-8,16-17H,4-5H2,1H3,(H,29,32)(H,30,31). The van der Waals surface area contributed by atoms with Crippen molar-refractivity contribution in [1.29, 1.82) is 5.26 Å². The van der Waals surface area contributed by atoms with E-state index in [-0.39, 0.29) is 20.8 Å². The fraction of sp³-hybridized carbons (Fsp3) is 0.318. The number of anilines is 1. The molecule has 2 fully saturated rings. The van der Waals surface area contributed by atoms with Gasteiger partial charge in [-0.25, -0.2) is 4.39 Å². The first-order valence-electron chi connectivity index (χ1n) is 9.78. The second-order valence-electron chi connectivity index (χ2n) is 7.98. The number of rotatable bonds is 6. The molecule has 0 radical (unpaired) electrons. The number of amides is 2. The van der Waals surface area contributed by atoms with E-state index < -0.39 is 39.3 Å². The number of nitrogens with zero attached hydrogens (tertiary/aromatic N) is 1. The Bertz CT molecular complexity index is 1210. The van der Waals surface area contributed by atoms with Gasteiger partial charge in [-0.3, -0.25) is 9.59 Å². The fourth-order valence-corrected chi connectivity index (χ4v) is 5.07. The lowest BCUT2D eigenvalue weighted by molar-refractivity contribution is -0.117. The fourth-order valence-electron chi connectivity index (χ4n) is 3.65. The Balaban J connectivity index is 1.52. The highest BCUT2D eigenvalue weighted by Gasteiger charge is 2.67. The van der Waals surface area contributed by atoms with Crippen molar-refractivity contribution >= 4 is 68.2 Å². The quantitative estimate of drug-likeness (QED) is 0.441. The number of nitrogens with one attached hydrogen (secondary N) is 2. The highest BCUT2D eigenvalue weighted by Crippen LogP contribution is 2.65. The number of carbonyl (C=O) groups is 2. The lowest BCUT2D eigenvalue weighted by Gasteiger charge is -2.12. The molecule has 2 unspecified atom stereocenters. The maximum absolute atomic E-state index is 14.3. The molecule has 172 valence electrons. The molecule has 0 aliphatic heterocycles. The summed E-state index contributed by atoms with van der Waals surface area (Å²) < 4.78 is 18.1. The monoisotopic (exact) mass is 573 g/mol. The third-order valence-corrected chi connectivity index (χ3v) is 7.77. The Morgan fingerprint density at radius 3 is 2.58 bits per heavy atom. The minimum absolute atomic E-state index is 0.117. The van der Waals surface area contributed by atoms with E-state index in [2.05, 4.69) is 32.6 Å². The number of alkyl halides is 2. The van der Waals surface area contributed by atoms with Gasteiger partial charge in [0.25, 0.3) is 5.91 Å². The van der Waals surface area contributed by atoms with Crippen LogP contribution in [0.1, 0.15) is 34.7 Å². The summed E-state index contributed by atoms with van der Waals surface area (Å²) in [5.41, 5.74) is -0.0319. The van der Waals surface area contributed by atoms with Crippen LogP contribution in [-0.2, 0) is 4.79 Å². The number of halogens is 5. The summed E-state index contributed by atoms with van der Waals surface area (Å²) in [5, 5.41) is 14.7. The van der Waals surface area contributed by atoms with Crippen LogP contribution in [0.3, 0.4) is 0 Å². The highest BCUT2D eigenvalue weighted by atomic mass is 79.9. The van der Waals surface area contributed by atoms with E-state index in [0.29, 0.717) is 24.1 Å². The van der Waals surface area contributed by atoms with E-state index in [4.69, 9.17) is 39.5 Å². The van der Waals surface area contributed by atoms with E-state index in [9.17, 15) is 19.2 Å². The predicted octanol–water partition coefficient (Wildman–Crippen LogP) is 5.56. The van der Waals surface area contributed by atoms with Crippen LogP contribution in [0.25, 0.3) is 0 Å². The maximum Gasteiger partial charge on any atom is 0.254 e. The number of benzene rings is 2. The Hall–Kier alpha value is -2.05. The van der Waals surface area contributed by atoms with E-state index in [1.165, 1.54) is 31.4 Å². The van der Waals surface area contributed by atoms with Crippen LogP contribution in [0.4, 0.5) is 10.1 Å². The zero-order chi connectivity index (χ0) is 24.1. The van der Waals surface area contributed by atoms with Crippen LogP contribution < -0.4 is 15.4 Å². The van der Waals surface area contributed by atoms with E-state index in [1.54, 1.807) is 6.07 Å². The molecule has 0 spiro atoms. The van der Waals surface area contributed by atoms with Crippen molar-refractivity contribution in [3.63, 3.8) is 0 Å². The summed E-state index contributed by atoms with van der Waals surface area (Å²) in [5.74, 6) is -2.87. The Morgan fingerprint density at radius 2 is 1.97 bits per heavy atom. The summed E-state index contributed by atoms with van der Waals surface area (Å²) >= 11 is 22.0. The zero-order valence-corrected chi connectivity index (χ0v) is 20.9. The molecule has 2 saturated carbocycles. The van der Waals surface area contributed by atoms with E-state index in [0.717, 1.165) is 0 Å². The van der Waals surface area contributed by atoms with E-state index in [1.807, 2.05) is 0 Å². The summed E-state index contributed by atoms with van der Waals surface area (Å²) in [7, 11) is 1.39. The van der Waals surface area contributed by atoms with Crippen molar-refractivity contribution in [2.45, 2.75) is 28.6 Å². The molecular weight excluding hydrogens is 560 g/mol. The van der Waals surface area contributed by atoms with Gasteiger partial charge in [-0.05, 0) is 64.7 Å². The number of nitriles is 1. The average molecular weight is 576 g/mol. The van der Waals surface area contributed by atoms with Crippen molar-refractivity contribution < 1.29 is 18.7 Å². The van der Waals surface area contributed by atoms with Gasteiger partial charge in [0, 0.05) is 11.6 Å². The number of hydrogen-bond donors (Lipinski definition) is 2. The molecule has 2 aliphatic rings. The smallest absolute Gasteiger partial charge is 0.254 e. The SMILES string of the molecule is COc1cc(C2C(C(=O)Nc3ccc(Cl)c(C(=O)NC4(C#N)CC4)c3)C2(Cl)Cl)cc(F)c1Br. The first-order valence-corrected chi connectivity index (χ1v) is 11.7. The molecule has 6 nitrogen and oxygen atoms in total. The van der Waals surface area contributed by atoms with Gasteiger partial charge in [-0.1, -0.05) is 11.6 Å². The molecule has 0 bridgehead atoms. The van der Waals surface area contributed by atoms with Crippen LogP contribution in [0.15, 0.2) is 34.8 Å². The first-order chi connectivity index (χ1) is 15.5. The maximum atomic E-state index is 14.3. The van der Waals surface area contributed by atoms with Crippen LogP contribution in [0.5, 0.6) is 5.75 Å². The van der Waals surface area contributed by atoms with Crippen LogP contribution >= 0.6 is 50.7 Å². The second-order valence-corrected chi connectivity index (χ2v) is 10.6. The zero-order valence-electron chi connectivity index (χ0n) is 17.0. The van der Waals surface area contributed by atoms with Crippen molar-refractivity contribution in [2.24, 2.45) is 5.92 Å². The summed E-state index contributed by atoms with van der Waals surface area (Å²) in [6.07, 6.45) is 1.14. The molecule has 0 heterocycles. The van der Waals surface area contributed by atoms with Gasteiger partial charge in [0.1, 0.15) is 21.4 Å². The second kappa shape index (κ2) is 8.62. The lowest BCUT2D eigenvalue weighted by Crippen LogP contribution is -2.35. The van der Waals surface area contributed by atoms with Gasteiger partial charge in [-0.2, -0.15) is 5.26 Å². The molecule has 2 amide bonds. The lowest BCUT2D eigenvalue weighted by atomic mass is 10.1. The molecule has 33 heavy (non-hydrogen) atoms. The van der Waals surface area contributed by atoms with Gasteiger partial charge in [0.05, 0.1) is 34.2 Å². The van der Waals surface area contributed by atoms with Crippen molar-refractivity contribution in [2.75, 3.05) is 12.4 Å². The van der Waals surface area contributed by atoms with Gasteiger partial charge in [0.2, 0.25) is 5.91 Å². The van der Waals surface area contributed by atoms with Crippen molar-refractivity contribution in [1.82, 2.24) is 5.32 Å². The summed E-state index contributed by atoms with van der Waals surface area (Å²) in [6.45, 7) is 0. The molecular formula is C22H16BrCl3FN3O3. The topological polar surface area (TPSA) is 91.2 Å². The largest absolute Gasteiger partial charge is 0.495 e. The predicted molar refractivity (Wildman–Crippen MR) is 126 cm³/mol. The third kappa shape index (κ3) is 4.52. The highest BCUT2D eigenvalue weighted by molar-refractivity contribution is 9.10. The van der Waals surface area contributed by atoms with Crippen LogP contribution in [0.2, 0.25) is 5.02 Å². The minimum Gasteiger partial charge on any atom is -0.495 e. The molecule has 0 saturated heterocycles. The van der Waals surface area contributed by atoms with Crippen molar-refractivity contribution in [3.8, 4) is 11.8 Å². The molecule has 4 rings (SSSR count). The molecule has 11 heteroatoms. The molecule has 2 aliphatic carbocycles. The Kier molecular flexibility index (Phi) is 6.29. The Labute approximate surface area is 212 Å². The van der Waals surface area contributed by atoms with Gasteiger partial charge >= 0.3 is 0 Å². The normalized spacial score (nSPS) is 21.5. The first kappa shape index (κ1) is 24.1. The average Bonchev–Trinajstić information content (AvgIpc) is 3.66. The van der Waals surface area contributed by atoms with Gasteiger partial charge in [-0.15, -0.1) is 23.2 Å². The molecule has 2 aromatic carbocycles. The van der Waals surface area contributed by atoms with Crippen molar-refractivity contribution in [3.05, 3.63) is 56.8 Å². The molecule has 2 atom stereocenters. The minimum atomic E-state index is -1.45. The van der Waals surface area contributed by atoms with Crippen LogP contribution in [0, 0.1) is 23.1 Å². The number of methoxy groups -OCH3 is 1. The summed E-state index contributed by atoms with van der Waals surface area (Å²) in [4.78, 5) is 25.5. The number of hydrogen-bond acceptors (Lipinski definition) is 4. The van der Waals surface area contributed by atoms with Gasteiger partial charge < -0.3 is 15.4 Å². The van der Waals surface area contributed by atoms with Crippen LogP contribution in [-0.4, -0.2) is 28.8 Å². The molecule has 0 aromatic heterocycles. The molecule has 2 aromatic rings. The number of ether oxygens (including phenoxy) is 1. The molecule has 2 N–H and O–H groups in total.